The lowest BCUT2D eigenvalue weighted by Gasteiger charge is -2.24. The molecule has 100 valence electrons. The number of ether oxygens (including phenoxy) is 1. The van der Waals surface area contributed by atoms with Gasteiger partial charge in [-0.15, -0.1) is 0 Å². The predicted molar refractivity (Wildman–Crippen MR) is 75.1 cm³/mol. The number of aromatic nitrogens is 1. The van der Waals surface area contributed by atoms with E-state index in [0.29, 0.717) is 5.88 Å². The Morgan fingerprint density at radius 1 is 1.26 bits per heavy atom. The third kappa shape index (κ3) is 2.71. The summed E-state index contributed by atoms with van der Waals surface area (Å²) < 4.78 is 5.74. The number of pyridine rings is 1. The minimum Gasteiger partial charge on any atom is -0.478 e. The monoisotopic (exact) mass is 257 g/mol. The van der Waals surface area contributed by atoms with E-state index in [1.54, 1.807) is 0 Å². The van der Waals surface area contributed by atoms with E-state index in [1.165, 1.54) is 19.3 Å². The number of hydrogen-bond donors (Lipinski definition) is 1. The molecule has 3 nitrogen and oxygen atoms in total. The molecule has 1 aliphatic rings. The van der Waals surface area contributed by atoms with E-state index in [0.717, 1.165) is 35.4 Å². The third-order valence-corrected chi connectivity index (χ3v) is 3.95. The van der Waals surface area contributed by atoms with E-state index >= 15 is 0 Å². The number of aliphatic hydroxyl groups excluding tert-OH is 1. The van der Waals surface area contributed by atoms with Crippen LogP contribution in [-0.4, -0.2) is 16.7 Å². The average Bonchev–Trinajstić information content (AvgIpc) is 2.40. The molecule has 0 bridgehead atoms. The maximum Gasteiger partial charge on any atom is 0.214 e. The molecule has 0 atom stereocenters. The summed E-state index contributed by atoms with van der Waals surface area (Å²) in [6, 6.07) is 9.69. The summed E-state index contributed by atoms with van der Waals surface area (Å²) in [5, 5.41) is 10.4. The maximum atomic E-state index is 9.44. The Kier molecular flexibility index (Phi) is 3.65. The van der Waals surface area contributed by atoms with Crippen molar-refractivity contribution in [1.82, 2.24) is 4.98 Å². The average molecular weight is 257 g/mol. The van der Waals surface area contributed by atoms with Crippen LogP contribution in [0, 0.1) is 5.92 Å². The van der Waals surface area contributed by atoms with Gasteiger partial charge in [0.2, 0.25) is 5.88 Å². The molecule has 0 radical (unpaired) electrons. The van der Waals surface area contributed by atoms with Crippen LogP contribution < -0.4 is 4.74 Å². The first-order chi connectivity index (χ1) is 9.36. The number of nitrogens with zero attached hydrogens (tertiary/aromatic N) is 1. The molecule has 1 N–H and O–H groups in total. The van der Waals surface area contributed by atoms with Crippen molar-refractivity contribution >= 4 is 10.9 Å². The summed E-state index contributed by atoms with van der Waals surface area (Å²) in [5.74, 6) is 1.47. The van der Waals surface area contributed by atoms with Gasteiger partial charge in [-0.3, -0.25) is 0 Å². The summed E-state index contributed by atoms with van der Waals surface area (Å²) in [7, 11) is 0. The quantitative estimate of drug-likeness (QED) is 0.893. The molecule has 1 heterocycles. The van der Waals surface area contributed by atoms with E-state index in [4.69, 9.17) is 4.74 Å². The van der Waals surface area contributed by atoms with Crippen molar-refractivity contribution in [3.05, 3.63) is 35.9 Å². The van der Waals surface area contributed by atoms with Gasteiger partial charge in [-0.25, -0.2) is 4.98 Å². The van der Waals surface area contributed by atoms with Crippen LogP contribution in [0.15, 0.2) is 30.3 Å². The molecule has 0 unspecified atom stereocenters. The van der Waals surface area contributed by atoms with E-state index in [2.05, 4.69) is 4.98 Å². The number of rotatable bonds is 5. The Bertz CT molecular complexity index is 564. The minimum atomic E-state index is 0.0159. The van der Waals surface area contributed by atoms with Crippen LogP contribution in [-0.2, 0) is 6.61 Å². The standard InChI is InChI=1S/C16H19NO2/c18-11-13-10-16(19-9-8-12-4-3-5-12)17-15-7-2-1-6-14(13)15/h1-2,6-7,10,12,18H,3-5,8-9,11H2. The Balaban J connectivity index is 1.75. The number of aliphatic hydroxyl groups is 1. The second-order valence-corrected chi connectivity index (χ2v) is 5.23. The van der Waals surface area contributed by atoms with Crippen LogP contribution in [0.3, 0.4) is 0 Å². The lowest BCUT2D eigenvalue weighted by atomic mass is 9.83. The van der Waals surface area contributed by atoms with Crippen molar-refractivity contribution < 1.29 is 9.84 Å². The number of fused-ring (bicyclic) bond motifs is 1. The zero-order valence-electron chi connectivity index (χ0n) is 11.0. The molecular weight excluding hydrogens is 238 g/mol. The fraction of sp³-hybridized carbons (Fsp3) is 0.438. The summed E-state index contributed by atoms with van der Waals surface area (Å²) in [5.41, 5.74) is 1.76. The summed E-state index contributed by atoms with van der Waals surface area (Å²) in [6.07, 6.45) is 5.17. The van der Waals surface area contributed by atoms with Gasteiger partial charge < -0.3 is 9.84 Å². The SMILES string of the molecule is OCc1cc(OCCC2CCC2)nc2ccccc12. The lowest BCUT2D eigenvalue weighted by Crippen LogP contribution is -2.14. The molecule has 2 aromatic rings. The molecule has 1 aromatic heterocycles. The van der Waals surface area contributed by atoms with Gasteiger partial charge in [-0.1, -0.05) is 37.5 Å². The molecule has 1 fully saturated rings. The first-order valence-electron chi connectivity index (χ1n) is 6.99. The highest BCUT2D eigenvalue weighted by Crippen LogP contribution is 2.29. The first kappa shape index (κ1) is 12.4. The Morgan fingerprint density at radius 2 is 2.11 bits per heavy atom. The number of hydrogen-bond acceptors (Lipinski definition) is 3. The van der Waals surface area contributed by atoms with Crippen molar-refractivity contribution in [2.45, 2.75) is 32.3 Å². The molecule has 1 saturated carbocycles. The molecule has 0 amide bonds. The highest BCUT2D eigenvalue weighted by Gasteiger charge is 2.17. The summed E-state index contributed by atoms with van der Waals surface area (Å²) in [6.45, 7) is 0.739. The third-order valence-electron chi connectivity index (χ3n) is 3.95. The Morgan fingerprint density at radius 3 is 2.84 bits per heavy atom. The second-order valence-electron chi connectivity index (χ2n) is 5.23. The smallest absolute Gasteiger partial charge is 0.214 e. The van der Waals surface area contributed by atoms with Gasteiger partial charge in [0.1, 0.15) is 0 Å². The fourth-order valence-corrected chi connectivity index (χ4v) is 2.54. The minimum absolute atomic E-state index is 0.0159. The molecule has 0 spiro atoms. The Hall–Kier alpha value is -1.61. The molecule has 0 aliphatic heterocycles. The zero-order chi connectivity index (χ0) is 13.1. The van der Waals surface area contributed by atoms with Crippen LogP contribution >= 0.6 is 0 Å². The van der Waals surface area contributed by atoms with Crippen molar-refractivity contribution in [2.75, 3.05) is 6.61 Å². The number of benzene rings is 1. The van der Waals surface area contributed by atoms with Crippen LogP contribution in [0.25, 0.3) is 10.9 Å². The molecule has 0 saturated heterocycles. The number of para-hydroxylation sites is 1. The van der Waals surface area contributed by atoms with Crippen LogP contribution in [0.4, 0.5) is 0 Å². The fourth-order valence-electron chi connectivity index (χ4n) is 2.54. The van der Waals surface area contributed by atoms with Crippen molar-refractivity contribution in [2.24, 2.45) is 5.92 Å². The van der Waals surface area contributed by atoms with Crippen LogP contribution in [0.1, 0.15) is 31.2 Å². The van der Waals surface area contributed by atoms with Gasteiger partial charge in [0.05, 0.1) is 18.7 Å². The topological polar surface area (TPSA) is 42.4 Å². The van der Waals surface area contributed by atoms with E-state index in [1.807, 2.05) is 30.3 Å². The molecular formula is C16H19NO2. The van der Waals surface area contributed by atoms with Crippen LogP contribution in [0.5, 0.6) is 5.88 Å². The predicted octanol–water partition coefficient (Wildman–Crippen LogP) is 3.30. The van der Waals surface area contributed by atoms with E-state index in [-0.39, 0.29) is 6.61 Å². The molecule has 3 heteroatoms. The normalized spacial score (nSPS) is 15.4. The van der Waals surface area contributed by atoms with Gasteiger partial charge in [0.25, 0.3) is 0 Å². The largest absolute Gasteiger partial charge is 0.478 e. The first-order valence-corrected chi connectivity index (χ1v) is 6.99. The molecule has 1 aromatic carbocycles. The molecule has 19 heavy (non-hydrogen) atoms. The van der Waals surface area contributed by atoms with Gasteiger partial charge in [0, 0.05) is 11.5 Å². The van der Waals surface area contributed by atoms with Crippen LogP contribution in [0.2, 0.25) is 0 Å². The zero-order valence-corrected chi connectivity index (χ0v) is 11.0. The molecule has 3 rings (SSSR count). The van der Waals surface area contributed by atoms with Crippen molar-refractivity contribution in [1.29, 1.82) is 0 Å². The van der Waals surface area contributed by atoms with Gasteiger partial charge in [-0.2, -0.15) is 0 Å². The van der Waals surface area contributed by atoms with E-state index < -0.39 is 0 Å². The highest BCUT2D eigenvalue weighted by atomic mass is 16.5. The van der Waals surface area contributed by atoms with Gasteiger partial charge >= 0.3 is 0 Å². The van der Waals surface area contributed by atoms with Gasteiger partial charge in [-0.05, 0) is 24.0 Å². The van der Waals surface area contributed by atoms with E-state index in [9.17, 15) is 5.11 Å². The summed E-state index contributed by atoms with van der Waals surface area (Å²) >= 11 is 0. The van der Waals surface area contributed by atoms with Crippen molar-refractivity contribution in [3.63, 3.8) is 0 Å². The molecule has 1 aliphatic carbocycles. The Labute approximate surface area is 113 Å². The lowest BCUT2D eigenvalue weighted by molar-refractivity contribution is 0.217. The van der Waals surface area contributed by atoms with Gasteiger partial charge in [0.15, 0.2) is 0 Å². The summed E-state index contributed by atoms with van der Waals surface area (Å²) in [4.78, 5) is 4.49. The van der Waals surface area contributed by atoms with Crippen molar-refractivity contribution in [3.8, 4) is 5.88 Å². The maximum absolute atomic E-state index is 9.44. The second kappa shape index (κ2) is 5.57. The highest BCUT2D eigenvalue weighted by molar-refractivity contribution is 5.82.